The number of carbonyl (C=O) groups is 1. The number of nitrogens with zero attached hydrogens (tertiary/aromatic N) is 2. The third-order valence-corrected chi connectivity index (χ3v) is 3.61. The molecule has 2 rings (SSSR count). The summed E-state index contributed by atoms with van der Waals surface area (Å²) in [5.41, 5.74) is 0.733. The molecule has 0 aliphatic carbocycles. The number of non-ortho nitro benzene ring substituents is 1. The van der Waals surface area contributed by atoms with Crippen LogP contribution in [-0.4, -0.2) is 34.0 Å². The number of hydrogen-bond acceptors (Lipinski definition) is 4. The van der Waals surface area contributed by atoms with Gasteiger partial charge in [-0.25, -0.2) is 0 Å². The van der Waals surface area contributed by atoms with Crippen LogP contribution in [0.25, 0.3) is 0 Å². The normalized spacial score (nSPS) is 19.5. The van der Waals surface area contributed by atoms with Crippen LogP contribution in [0.3, 0.4) is 0 Å². The van der Waals surface area contributed by atoms with E-state index in [9.17, 15) is 14.9 Å². The standard InChI is InChI=1S/C12H13ClN2O4/c13-11-5-10(15(18)19)2-1-8(11)6-14-4-3-9(7-14)12(16)17/h1-2,5,9H,3-4,6-7H2,(H,16,17). The molecule has 0 amide bonds. The molecule has 1 aliphatic heterocycles. The first-order valence-electron chi connectivity index (χ1n) is 5.85. The van der Waals surface area contributed by atoms with Crippen molar-refractivity contribution in [1.29, 1.82) is 0 Å². The Morgan fingerprint density at radius 3 is 2.84 bits per heavy atom. The number of carboxylic acid groups (broad SMARTS) is 1. The first-order chi connectivity index (χ1) is 8.97. The SMILES string of the molecule is O=C(O)C1CCN(Cc2ccc([N+](=O)[O-])cc2Cl)C1. The van der Waals surface area contributed by atoms with Crippen LogP contribution in [0.4, 0.5) is 5.69 Å². The zero-order valence-electron chi connectivity index (χ0n) is 10.1. The zero-order chi connectivity index (χ0) is 14.0. The monoisotopic (exact) mass is 284 g/mol. The minimum absolute atomic E-state index is 0.0430. The molecule has 1 unspecified atom stereocenters. The van der Waals surface area contributed by atoms with Crippen LogP contribution >= 0.6 is 11.6 Å². The van der Waals surface area contributed by atoms with Crippen LogP contribution in [0.15, 0.2) is 18.2 Å². The van der Waals surface area contributed by atoms with E-state index in [1.54, 1.807) is 6.07 Å². The molecule has 0 aromatic heterocycles. The Labute approximate surface area is 114 Å². The van der Waals surface area contributed by atoms with E-state index in [1.165, 1.54) is 12.1 Å². The fraction of sp³-hybridized carbons (Fsp3) is 0.417. The predicted molar refractivity (Wildman–Crippen MR) is 69.1 cm³/mol. The molecule has 1 atom stereocenters. The van der Waals surface area contributed by atoms with Gasteiger partial charge in [0.1, 0.15) is 0 Å². The summed E-state index contributed by atoms with van der Waals surface area (Å²) in [6.45, 7) is 1.70. The molecule has 1 fully saturated rings. The molecule has 1 heterocycles. The smallest absolute Gasteiger partial charge is 0.307 e. The number of likely N-dealkylation sites (tertiary alicyclic amines) is 1. The number of hydrogen-bond donors (Lipinski definition) is 1. The highest BCUT2D eigenvalue weighted by molar-refractivity contribution is 6.31. The molecule has 1 N–H and O–H groups in total. The van der Waals surface area contributed by atoms with Gasteiger partial charge in [-0.2, -0.15) is 0 Å². The molecule has 19 heavy (non-hydrogen) atoms. The first kappa shape index (κ1) is 13.8. The van der Waals surface area contributed by atoms with Crippen molar-refractivity contribution >= 4 is 23.3 Å². The third kappa shape index (κ3) is 3.21. The van der Waals surface area contributed by atoms with Crippen LogP contribution in [-0.2, 0) is 11.3 Å². The van der Waals surface area contributed by atoms with Crippen molar-refractivity contribution in [3.05, 3.63) is 38.9 Å². The van der Waals surface area contributed by atoms with E-state index in [0.29, 0.717) is 31.1 Å². The van der Waals surface area contributed by atoms with Crippen molar-refractivity contribution in [2.45, 2.75) is 13.0 Å². The van der Waals surface area contributed by atoms with E-state index < -0.39 is 10.9 Å². The van der Waals surface area contributed by atoms with Crippen molar-refractivity contribution in [3.63, 3.8) is 0 Å². The zero-order valence-corrected chi connectivity index (χ0v) is 10.8. The van der Waals surface area contributed by atoms with Crippen LogP contribution < -0.4 is 0 Å². The lowest BCUT2D eigenvalue weighted by atomic mass is 10.1. The summed E-state index contributed by atoms with van der Waals surface area (Å²) in [6, 6.07) is 4.35. The second-order valence-corrected chi connectivity index (χ2v) is 5.00. The van der Waals surface area contributed by atoms with Gasteiger partial charge in [-0.05, 0) is 24.6 Å². The van der Waals surface area contributed by atoms with E-state index in [0.717, 1.165) is 5.56 Å². The quantitative estimate of drug-likeness (QED) is 0.676. The number of carboxylic acids is 1. The van der Waals surface area contributed by atoms with Crippen LogP contribution in [0.1, 0.15) is 12.0 Å². The third-order valence-electron chi connectivity index (χ3n) is 3.26. The fourth-order valence-corrected chi connectivity index (χ4v) is 2.43. The molecule has 1 aromatic carbocycles. The summed E-state index contributed by atoms with van der Waals surface area (Å²) in [5, 5.41) is 19.9. The highest BCUT2D eigenvalue weighted by Crippen LogP contribution is 2.26. The fourth-order valence-electron chi connectivity index (χ4n) is 2.20. The van der Waals surface area contributed by atoms with E-state index in [2.05, 4.69) is 0 Å². The lowest BCUT2D eigenvalue weighted by Crippen LogP contribution is -2.22. The average Bonchev–Trinajstić information content (AvgIpc) is 2.80. The van der Waals surface area contributed by atoms with Gasteiger partial charge in [0.25, 0.3) is 5.69 Å². The van der Waals surface area contributed by atoms with Crippen molar-refractivity contribution in [1.82, 2.24) is 4.90 Å². The molecule has 1 saturated heterocycles. The lowest BCUT2D eigenvalue weighted by molar-refractivity contribution is -0.384. The Kier molecular flexibility index (Phi) is 4.01. The average molecular weight is 285 g/mol. The van der Waals surface area contributed by atoms with Gasteiger partial charge in [0.15, 0.2) is 0 Å². The Morgan fingerprint density at radius 1 is 1.58 bits per heavy atom. The minimum Gasteiger partial charge on any atom is -0.481 e. The van der Waals surface area contributed by atoms with Gasteiger partial charge >= 0.3 is 5.97 Å². The maximum atomic E-state index is 10.9. The molecule has 0 radical (unpaired) electrons. The largest absolute Gasteiger partial charge is 0.481 e. The number of nitro groups is 1. The summed E-state index contributed by atoms with van der Waals surface area (Å²) in [4.78, 5) is 23.0. The maximum Gasteiger partial charge on any atom is 0.307 e. The highest BCUT2D eigenvalue weighted by atomic mass is 35.5. The van der Waals surface area contributed by atoms with Crippen molar-refractivity contribution in [2.24, 2.45) is 5.92 Å². The summed E-state index contributed by atoms with van der Waals surface area (Å²) in [6.07, 6.45) is 0.625. The second-order valence-electron chi connectivity index (χ2n) is 4.59. The van der Waals surface area contributed by atoms with Crippen LogP contribution in [0, 0.1) is 16.0 Å². The molecular weight excluding hydrogens is 272 g/mol. The van der Waals surface area contributed by atoms with Gasteiger partial charge < -0.3 is 5.11 Å². The summed E-state index contributed by atoms with van der Waals surface area (Å²) in [5.74, 6) is -1.12. The number of rotatable bonds is 4. The first-order valence-corrected chi connectivity index (χ1v) is 6.23. The van der Waals surface area contributed by atoms with Gasteiger partial charge in [0.2, 0.25) is 0 Å². The number of benzene rings is 1. The van der Waals surface area contributed by atoms with E-state index in [4.69, 9.17) is 16.7 Å². The van der Waals surface area contributed by atoms with E-state index >= 15 is 0 Å². The van der Waals surface area contributed by atoms with E-state index in [-0.39, 0.29) is 11.6 Å². The molecule has 102 valence electrons. The van der Waals surface area contributed by atoms with Crippen molar-refractivity contribution in [2.75, 3.05) is 13.1 Å². The van der Waals surface area contributed by atoms with Gasteiger partial charge in [-0.15, -0.1) is 0 Å². The van der Waals surface area contributed by atoms with Crippen molar-refractivity contribution < 1.29 is 14.8 Å². The van der Waals surface area contributed by atoms with E-state index in [1.807, 2.05) is 4.90 Å². The van der Waals surface area contributed by atoms with Crippen LogP contribution in [0.2, 0.25) is 5.02 Å². The topological polar surface area (TPSA) is 83.7 Å². The van der Waals surface area contributed by atoms with Crippen LogP contribution in [0.5, 0.6) is 0 Å². The molecular formula is C12H13ClN2O4. The van der Waals surface area contributed by atoms with Gasteiger partial charge in [-0.3, -0.25) is 19.8 Å². The highest BCUT2D eigenvalue weighted by Gasteiger charge is 2.28. The van der Waals surface area contributed by atoms with Gasteiger partial charge in [-0.1, -0.05) is 11.6 Å². The molecule has 0 saturated carbocycles. The Morgan fingerprint density at radius 2 is 2.32 bits per heavy atom. The lowest BCUT2D eigenvalue weighted by Gasteiger charge is -2.15. The summed E-state index contributed by atoms with van der Waals surface area (Å²) in [7, 11) is 0. The molecule has 1 aliphatic rings. The summed E-state index contributed by atoms with van der Waals surface area (Å²) >= 11 is 6.00. The summed E-state index contributed by atoms with van der Waals surface area (Å²) < 4.78 is 0. The number of aliphatic carboxylic acids is 1. The molecule has 7 heteroatoms. The maximum absolute atomic E-state index is 10.9. The molecule has 0 bridgehead atoms. The predicted octanol–water partition coefficient (Wildman–Crippen LogP) is 2.15. The molecule has 6 nitrogen and oxygen atoms in total. The second kappa shape index (κ2) is 5.54. The van der Waals surface area contributed by atoms with Gasteiger partial charge in [0, 0.05) is 25.2 Å². The number of halogens is 1. The Balaban J connectivity index is 2.04. The van der Waals surface area contributed by atoms with Gasteiger partial charge in [0.05, 0.1) is 15.9 Å². The number of nitro benzene ring substituents is 1. The Hall–Kier alpha value is -1.66. The molecule has 1 aromatic rings. The van der Waals surface area contributed by atoms with Crippen molar-refractivity contribution in [3.8, 4) is 0 Å². The molecule has 0 spiro atoms. The minimum atomic E-state index is -0.780. The Bertz CT molecular complexity index is 520.